The van der Waals surface area contributed by atoms with E-state index in [4.69, 9.17) is 4.74 Å². The molecule has 0 radical (unpaired) electrons. The summed E-state index contributed by atoms with van der Waals surface area (Å²) in [5.41, 5.74) is 0.740. The number of amides is 2. The Kier molecular flexibility index (Phi) is 5.44. The van der Waals surface area contributed by atoms with E-state index >= 15 is 0 Å². The number of benzene rings is 1. The number of hydrogen-bond donors (Lipinski definition) is 0. The van der Waals surface area contributed by atoms with Crippen molar-refractivity contribution in [1.29, 1.82) is 0 Å². The largest absolute Gasteiger partial charge is 0.497 e. The van der Waals surface area contributed by atoms with Crippen LogP contribution < -0.4 is 4.74 Å². The van der Waals surface area contributed by atoms with Crippen molar-refractivity contribution in [2.24, 2.45) is 11.8 Å². The summed E-state index contributed by atoms with van der Waals surface area (Å²) in [7, 11) is 1.64. The maximum atomic E-state index is 12.9. The number of methoxy groups -OCH3 is 1. The number of rotatable bonds is 3. The molecular formula is C24H33N3O3. The Bertz CT molecular complexity index is 787. The second-order valence-corrected chi connectivity index (χ2v) is 9.57. The summed E-state index contributed by atoms with van der Waals surface area (Å²) in [4.78, 5) is 32.1. The van der Waals surface area contributed by atoms with Gasteiger partial charge in [0.2, 0.25) is 5.91 Å². The van der Waals surface area contributed by atoms with Gasteiger partial charge in [0, 0.05) is 56.8 Å². The molecule has 0 spiro atoms. The topological polar surface area (TPSA) is 53.1 Å². The molecule has 0 aliphatic carbocycles. The van der Waals surface area contributed by atoms with Crippen LogP contribution in [0, 0.1) is 11.8 Å². The monoisotopic (exact) mass is 411 g/mol. The van der Waals surface area contributed by atoms with E-state index in [2.05, 4.69) is 9.80 Å². The van der Waals surface area contributed by atoms with Gasteiger partial charge in [-0.2, -0.15) is 0 Å². The molecule has 30 heavy (non-hydrogen) atoms. The van der Waals surface area contributed by atoms with Gasteiger partial charge in [-0.1, -0.05) is 0 Å². The minimum Gasteiger partial charge on any atom is -0.497 e. The molecule has 1 aromatic rings. The zero-order valence-electron chi connectivity index (χ0n) is 18.0. The predicted octanol–water partition coefficient (Wildman–Crippen LogP) is 2.63. The van der Waals surface area contributed by atoms with Gasteiger partial charge in [-0.25, -0.2) is 0 Å². The highest BCUT2D eigenvalue weighted by molar-refractivity contribution is 5.94. The Balaban J connectivity index is 1.18. The zero-order valence-corrected chi connectivity index (χ0v) is 18.0. The summed E-state index contributed by atoms with van der Waals surface area (Å²) in [6.07, 6.45) is 6.39. The molecule has 4 aliphatic heterocycles. The van der Waals surface area contributed by atoms with Gasteiger partial charge in [0.25, 0.3) is 5.91 Å². The first-order valence-corrected chi connectivity index (χ1v) is 11.6. The van der Waals surface area contributed by atoms with Gasteiger partial charge in [-0.05, 0) is 68.2 Å². The van der Waals surface area contributed by atoms with Crippen LogP contribution in [0.5, 0.6) is 5.75 Å². The molecule has 0 N–H and O–H groups in total. The molecule has 2 unspecified atom stereocenters. The molecular weight excluding hydrogens is 378 g/mol. The summed E-state index contributed by atoms with van der Waals surface area (Å²) in [5, 5.41) is 0. The van der Waals surface area contributed by atoms with E-state index in [-0.39, 0.29) is 5.91 Å². The van der Waals surface area contributed by atoms with Crippen LogP contribution in [0.25, 0.3) is 0 Å². The number of hydrogen-bond acceptors (Lipinski definition) is 4. The third kappa shape index (κ3) is 3.70. The number of carbonyl (C=O) groups excluding carboxylic acids is 2. The number of carbonyl (C=O) groups is 2. The van der Waals surface area contributed by atoms with Crippen molar-refractivity contribution in [1.82, 2.24) is 14.7 Å². The van der Waals surface area contributed by atoms with Crippen molar-refractivity contribution >= 4 is 11.8 Å². The van der Waals surface area contributed by atoms with Gasteiger partial charge in [-0.15, -0.1) is 0 Å². The van der Waals surface area contributed by atoms with Gasteiger partial charge in [0.15, 0.2) is 0 Å². The van der Waals surface area contributed by atoms with E-state index in [1.807, 2.05) is 29.2 Å². The first kappa shape index (κ1) is 19.9. The molecule has 1 aromatic carbocycles. The fourth-order valence-electron chi connectivity index (χ4n) is 6.30. The van der Waals surface area contributed by atoms with E-state index in [1.54, 1.807) is 7.11 Å². The molecule has 162 valence electrons. The lowest BCUT2D eigenvalue weighted by atomic mass is 9.75. The van der Waals surface area contributed by atoms with Crippen LogP contribution in [-0.2, 0) is 4.79 Å². The maximum Gasteiger partial charge on any atom is 0.253 e. The zero-order chi connectivity index (χ0) is 20.7. The molecule has 4 aliphatic rings. The predicted molar refractivity (Wildman–Crippen MR) is 114 cm³/mol. The van der Waals surface area contributed by atoms with Gasteiger partial charge < -0.3 is 14.5 Å². The van der Waals surface area contributed by atoms with E-state index < -0.39 is 0 Å². The van der Waals surface area contributed by atoms with Crippen LogP contribution in [0.15, 0.2) is 24.3 Å². The first-order chi connectivity index (χ1) is 14.6. The standard InChI is InChI=1S/C24H33N3O3/c1-30-21-7-5-18(6-8-21)24(29)25-11-9-20(10-12-25)26-14-17-13-19(16-26)22-3-2-4-23(28)27(22)15-17/h5-8,17,19-20,22H,2-4,9-16H2,1H3/t17?,19?,22-/m1/s1. The highest BCUT2D eigenvalue weighted by atomic mass is 16.5. The third-order valence-electron chi connectivity index (χ3n) is 7.81. The van der Waals surface area contributed by atoms with E-state index in [9.17, 15) is 9.59 Å². The molecule has 2 bridgehead atoms. The van der Waals surface area contributed by atoms with Gasteiger partial charge in [-0.3, -0.25) is 14.5 Å². The Morgan fingerprint density at radius 3 is 2.53 bits per heavy atom. The van der Waals surface area contributed by atoms with E-state index in [1.165, 1.54) is 12.8 Å². The van der Waals surface area contributed by atoms with Crippen LogP contribution in [0.1, 0.15) is 48.9 Å². The molecule has 4 saturated heterocycles. The Hall–Kier alpha value is -2.08. The summed E-state index contributed by atoms with van der Waals surface area (Å²) in [5.74, 6) is 2.56. The minimum atomic E-state index is 0.128. The van der Waals surface area contributed by atoms with Crippen LogP contribution in [0.2, 0.25) is 0 Å². The fourth-order valence-corrected chi connectivity index (χ4v) is 6.30. The lowest BCUT2D eigenvalue weighted by Crippen LogP contribution is -2.62. The smallest absolute Gasteiger partial charge is 0.253 e. The second-order valence-electron chi connectivity index (χ2n) is 9.57. The van der Waals surface area contributed by atoms with Crippen molar-refractivity contribution < 1.29 is 14.3 Å². The Labute approximate surface area is 179 Å². The number of fused-ring (bicyclic) bond motifs is 4. The Morgan fingerprint density at radius 1 is 1.03 bits per heavy atom. The molecule has 4 heterocycles. The van der Waals surface area contributed by atoms with Crippen molar-refractivity contribution in [3.63, 3.8) is 0 Å². The van der Waals surface area contributed by atoms with Gasteiger partial charge in [0.1, 0.15) is 5.75 Å². The molecule has 2 amide bonds. The maximum absolute atomic E-state index is 12.9. The lowest BCUT2D eigenvalue weighted by Gasteiger charge is -2.54. The molecule has 6 heteroatoms. The molecule has 6 nitrogen and oxygen atoms in total. The van der Waals surface area contributed by atoms with Crippen LogP contribution in [0.4, 0.5) is 0 Å². The first-order valence-electron chi connectivity index (χ1n) is 11.6. The lowest BCUT2D eigenvalue weighted by molar-refractivity contribution is -0.145. The summed E-state index contributed by atoms with van der Waals surface area (Å²) >= 11 is 0. The molecule has 0 aromatic heterocycles. The van der Waals surface area contributed by atoms with E-state index in [0.717, 1.165) is 69.7 Å². The molecule has 3 atom stereocenters. The molecule has 5 rings (SSSR count). The highest BCUT2D eigenvalue weighted by Gasteiger charge is 2.45. The average Bonchev–Trinajstić information content (AvgIpc) is 2.79. The quantitative estimate of drug-likeness (QED) is 0.767. The highest BCUT2D eigenvalue weighted by Crippen LogP contribution is 2.39. The van der Waals surface area contributed by atoms with Crippen LogP contribution in [0.3, 0.4) is 0 Å². The number of piperidine rings is 4. The minimum absolute atomic E-state index is 0.128. The second kappa shape index (κ2) is 8.22. The van der Waals surface area contributed by atoms with Crippen molar-refractivity contribution in [3.05, 3.63) is 29.8 Å². The average molecular weight is 412 g/mol. The van der Waals surface area contributed by atoms with Crippen LogP contribution >= 0.6 is 0 Å². The van der Waals surface area contributed by atoms with E-state index in [0.29, 0.717) is 29.8 Å². The Morgan fingerprint density at radius 2 is 1.80 bits per heavy atom. The summed E-state index contributed by atoms with van der Waals surface area (Å²) < 4.78 is 5.19. The van der Waals surface area contributed by atoms with Gasteiger partial charge in [0.05, 0.1) is 7.11 Å². The van der Waals surface area contributed by atoms with Crippen molar-refractivity contribution in [3.8, 4) is 5.75 Å². The molecule has 0 saturated carbocycles. The number of nitrogens with zero attached hydrogens (tertiary/aromatic N) is 3. The number of likely N-dealkylation sites (tertiary alicyclic amines) is 2. The van der Waals surface area contributed by atoms with Crippen LogP contribution in [-0.4, -0.2) is 78.4 Å². The summed E-state index contributed by atoms with van der Waals surface area (Å²) in [6.45, 7) is 4.86. The molecule has 4 fully saturated rings. The SMILES string of the molecule is COc1ccc(C(=O)N2CCC(N3CC4CC(C3)[C@H]3CCCC(=O)N3C4)CC2)cc1. The summed E-state index contributed by atoms with van der Waals surface area (Å²) in [6, 6.07) is 8.47. The fraction of sp³-hybridized carbons (Fsp3) is 0.667. The normalized spacial score (nSPS) is 30.2. The van der Waals surface area contributed by atoms with Crippen molar-refractivity contribution in [2.45, 2.75) is 50.6 Å². The number of ether oxygens (including phenoxy) is 1. The van der Waals surface area contributed by atoms with Gasteiger partial charge >= 0.3 is 0 Å². The van der Waals surface area contributed by atoms with Crippen molar-refractivity contribution in [2.75, 3.05) is 39.8 Å². The third-order valence-corrected chi connectivity index (χ3v) is 7.81.